The van der Waals surface area contributed by atoms with Crippen LogP contribution in [-0.2, 0) is 10.8 Å². The zero-order chi connectivity index (χ0) is 15.2. The van der Waals surface area contributed by atoms with Crippen LogP contribution >= 0.6 is 0 Å². The van der Waals surface area contributed by atoms with Crippen molar-refractivity contribution in [1.82, 2.24) is 10.3 Å². The maximum Gasteiger partial charge on any atom is 0.319 e. The Kier molecular flexibility index (Phi) is 5.67. The topological polar surface area (TPSA) is 71.1 Å². The fourth-order valence-electron chi connectivity index (χ4n) is 2.57. The van der Waals surface area contributed by atoms with Crippen LogP contribution in [0.1, 0.15) is 32.6 Å². The van der Waals surface area contributed by atoms with Gasteiger partial charge in [-0.25, -0.2) is 9.18 Å². The van der Waals surface area contributed by atoms with E-state index in [1.165, 1.54) is 12.3 Å². The zero-order valence-corrected chi connectivity index (χ0v) is 12.8. The number of hydrogen-bond donors (Lipinski definition) is 2. The van der Waals surface area contributed by atoms with E-state index in [0.29, 0.717) is 12.2 Å². The number of nitrogens with one attached hydrogen (secondary N) is 2. The highest BCUT2D eigenvalue weighted by atomic mass is 32.2. The molecular formula is C14H20FN3O2S. The molecule has 21 heavy (non-hydrogen) atoms. The Bertz CT molecular complexity index is 527. The third-order valence-corrected chi connectivity index (χ3v) is 5.38. The Morgan fingerprint density at radius 3 is 3.05 bits per heavy atom. The van der Waals surface area contributed by atoms with Crippen LogP contribution in [0.4, 0.5) is 14.9 Å². The van der Waals surface area contributed by atoms with E-state index < -0.39 is 22.6 Å². The maximum absolute atomic E-state index is 13.4. The summed E-state index contributed by atoms with van der Waals surface area (Å²) in [6.45, 7) is 1.91. The molecule has 1 aliphatic rings. The van der Waals surface area contributed by atoms with Crippen molar-refractivity contribution in [2.75, 3.05) is 11.1 Å². The highest BCUT2D eigenvalue weighted by Crippen LogP contribution is 2.23. The normalized spacial score (nSPS) is 23.3. The molecule has 116 valence electrons. The quantitative estimate of drug-likeness (QED) is 0.897. The van der Waals surface area contributed by atoms with E-state index in [4.69, 9.17) is 0 Å². The van der Waals surface area contributed by atoms with E-state index >= 15 is 0 Å². The summed E-state index contributed by atoms with van der Waals surface area (Å²) in [5, 5.41) is 5.45. The molecule has 0 spiro atoms. The molecule has 2 N–H and O–H groups in total. The predicted octanol–water partition coefficient (Wildman–Crippen LogP) is 2.42. The van der Waals surface area contributed by atoms with Crippen LogP contribution in [0.5, 0.6) is 0 Å². The van der Waals surface area contributed by atoms with E-state index in [9.17, 15) is 13.4 Å². The van der Waals surface area contributed by atoms with Gasteiger partial charge in [-0.2, -0.15) is 0 Å². The molecule has 2 amide bonds. The van der Waals surface area contributed by atoms with Gasteiger partial charge in [0.25, 0.3) is 0 Å². The van der Waals surface area contributed by atoms with Crippen molar-refractivity contribution in [3.8, 4) is 0 Å². The lowest BCUT2D eigenvalue weighted by molar-refractivity contribution is 0.244. The number of aromatic nitrogens is 1. The number of amides is 2. The van der Waals surface area contributed by atoms with Crippen LogP contribution in [0.2, 0.25) is 0 Å². The second-order valence-corrected chi connectivity index (χ2v) is 7.11. The summed E-state index contributed by atoms with van der Waals surface area (Å²) in [4.78, 5) is 15.5. The summed E-state index contributed by atoms with van der Waals surface area (Å²) in [5.41, 5.74) is 0.104. The van der Waals surface area contributed by atoms with Gasteiger partial charge in [-0.05, 0) is 25.3 Å². The van der Waals surface area contributed by atoms with Crippen LogP contribution in [-0.4, -0.2) is 32.3 Å². The summed E-state index contributed by atoms with van der Waals surface area (Å²) in [5.74, 6) is 0.0764. The average Bonchev–Trinajstić information content (AvgIpc) is 2.49. The summed E-state index contributed by atoms with van der Waals surface area (Å²) in [6, 6.07) is 0.960. The molecule has 2 rings (SSSR count). The SMILES string of the molecule is CCS(=O)C1CCCC(NC(=O)Nc2ccncc2F)C1. The van der Waals surface area contributed by atoms with Crippen molar-refractivity contribution < 1.29 is 13.4 Å². The fourth-order valence-corrected chi connectivity index (χ4v) is 3.92. The van der Waals surface area contributed by atoms with Gasteiger partial charge in [0.15, 0.2) is 5.82 Å². The van der Waals surface area contributed by atoms with Gasteiger partial charge < -0.3 is 10.6 Å². The molecule has 3 atom stereocenters. The van der Waals surface area contributed by atoms with Crippen molar-refractivity contribution >= 4 is 22.5 Å². The Balaban J connectivity index is 1.88. The van der Waals surface area contributed by atoms with E-state index in [-0.39, 0.29) is 17.0 Å². The minimum absolute atomic E-state index is 0.0100. The molecule has 0 aromatic carbocycles. The van der Waals surface area contributed by atoms with Gasteiger partial charge in [-0.15, -0.1) is 0 Å². The average molecular weight is 313 g/mol. The van der Waals surface area contributed by atoms with Gasteiger partial charge in [0.05, 0.1) is 11.9 Å². The van der Waals surface area contributed by atoms with Crippen molar-refractivity contribution in [2.45, 2.75) is 43.9 Å². The highest BCUT2D eigenvalue weighted by molar-refractivity contribution is 7.85. The van der Waals surface area contributed by atoms with Gasteiger partial charge in [-0.3, -0.25) is 9.19 Å². The molecule has 1 heterocycles. The Morgan fingerprint density at radius 2 is 2.33 bits per heavy atom. The molecule has 1 fully saturated rings. The molecule has 1 saturated carbocycles. The van der Waals surface area contributed by atoms with Crippen LogP contribution in [0.15, 0.2) is 18.5 Å². The van der Waals surface area contributed by atoms with E-state index in [1.54, 1.807) is 0 Å². The lowest BCUT2D eigenvalue weighted by Crippen LogP contribution is -2.43. The smallest absolute Gasteiger partial charge is 0.319 e. The number of halogens is 1. The molecule has 0 aliphatic heterocycles. The first-order valence-corrected chi connectivity index (χ1v) is 8.52. The van der Waals surface area contributed by atoms with Gasteiger partial charge >= 0.3 is 6.03 Å². The van der Waals surface area contributed by atoms with Crippen molar-refractivity contribution in [2.24, 2.45) is 0 Å². The predicted molar refractivity (Wildman–Crippen MR) is 81.1 cm³/mol. The minimum Gasteiger partial charge on any atom is -0.335 e. The largest absolute Gasteiger partial charge is 0.335 e. The summed E-state index contributed by atoms with van der Waals surface area (Å²) >= 11 is 0. The molecule has 5 nitrogen and oxygen atoms in total. The second kappa shape index (κ2) is 7.49. The van der Waals surface area contributed by atoms with Crippen LogP contribution < -0.4 is 10.6 Å². The fraction of sp³-hybridized carbons (Fsp3) is 0.571. The molecular weight excluding hydrogens is 293 g/mol. The second-order valence-electron chi connectivity index (χ2n) is 5.11. The number of rotatable bonds is 4. The number of anilines is 1. The Hall–Kier alpha value is -1.50. The zero-order valence-electron chi connectivity index (χ0n) is 12.0. The number of urea groups is 1. The number of pyridine rings is 1. The van der Waals surface area contributed by atoms with Crippen molar-refractivity contribution in [1.29, 1.82) is 0 Å². The summed E-state index contributed by atoms with van der Waals surface area (Å²) in [6.07, 6.45) is 5.94. The molecule has 1 aliphatic carbocycles. The lowest BCUT2D eigenvalue weighted by atomic mass is 9.95. The molecule has 0 bridgehead atoms. The number of carbonyl (C=O) groups is 1. The Morgan fingerprint density at radius 1 is 1.52 bits per heavy atom. The summed E-state index contributed by atoms with van der Waals surface area (Å²) in [7, 11) is -0.831. The standard InChI is InChI=1S/C14H20FN3O2S/c1-2-21(20)11-5-3-4-10(8-11)17-14(19)18-13-6-7-16-9-12(13)15/h6-7,9-11H,2-5,8H2,1H3,(H2,16,17,18,19). The molecule has 7 heteroatoms. The first-order valence-electron chi connectivity index (χ1n) is 7.14. The third-order valence-electron chi connectivity index (χ3n) is 3.64. The molecule has 0 radical (unpaired) electrons. The monoisotopic (exact) mass is 313 g/mol. The van der Waals surface area contributed by atoms with E-state index in [2.05, 4.69) is 15.6 Å². The van der Waals surface area contributed by atoms with Crippen molar-refractivity contribution in [3.05, 3.63) is 24.3 Å². The van der Waals surface area contributed by atoms with E-state index in [0.717, 1.165) is 25.5 Å². The van der Waals surface area contributed by atoms with Crippen LogP contribution in [0, 0.1) is 5.82 Å². The number of hydrogen-bond acceptors (Lipinski definition) is 3. The third kappa shape index (κ3) is 4.49. The molecule has 0 saturated heterocycles. The lowest BCUT2D eigenvalue weighted by Gasteiger charge is -2.29. The van der Waals surface area contributed by atoms with Gasteiger partial charge in [0.1, 0.15) is 0 Å². The Labute approximate surface area is 126 Å². The first kappa shape index (κ1) is 15.9. The van der Waals surface area contributed by atoms with Crippen LogP contribution in [0.25, 0.3) is 0 Å². The van der Waals surface area contributed by atoms with Gasteiger partial charge in [0.2, 0.25) is 0 Å². The van der Waals surface area contributed by atoms with Gasteiger partial charge in [0, 0.05) is 34.0 Å². The minimum atomic E-state index is -0.831. The number of nitrogens with zero attached hydrogens (tertiary/aromatic N) is 1. The first-order chi connectivity index (χ1) is 10.1. The van der Waals surface area contributed by atoms with Crippen molar-refractivity contribution in [3.63, 3.8) is 0 Å². The van der Waals surface area contributed by atoms with Gasteiger partial charge in [-0.1, -0.05) is 13.3 Å². The molecule has 1 aromatic rings. The molecule has 1 aromatic heterocycles. The molecule has 3 unspecified atom stereocenters. The highest BCUT2D eigenvalue weighted by Gasteiger charge is 2.26. The van der Waals surface area contributed by atoms with Crippen LogP contribution in [0.3, 0.4) is 0 Å². The maximum atomic E-state index is 13.4. The number of carbonyl (C=O) groups excluding carboxylic acids is 1. The summed E-state index contributed by atoms with van der Waals surface area (Å²) < 4.78 is 25.3. The van der Waals surface area contributed by atoms with E-state index in [1.807, 2.05) is 6.92 Å².